The van der Waals surface area contributed by atoms with Crippen LogP contribution >= 0.6 is 23.2 Å². The molecule has 1 heterocycles. The lowest BCUT2D eigenvalue weighted by molar-refractivity contribution is -0.116. The Balaban J connectivity index is 2.60. The summed E-state index contributed by atoms with van der Waals surface area (Å²) >= 11 is 11.0. The molecule has 0 atom stereocenters. The van der Waals surface area contributed by atoms with Crippen molar-refractivity contribution in [2.45, 2.75) is 11.3 Å². The summed E-state index contributed by atoms with van der Waals surface area (Å²) in [4.78, 5) is 14.7. The molecule has 0 fully saturated rings. The number of H-pyrrole nitrogens is 1. The topological polar surface area (TPSA) is 70.7 Å². The van der Waals surface area contributed by atoms with E-state index >= 15 is 0 Å². The zero-order valence-electron chi connectivity index (χ0n) is 6.14. The van der Waals surface area contributed by atoms with Crippen molar-refractivity contribution >= 4 is 35.1 Å². The van der Waals surface area contributed by atoms with Crippen LogP contribution in [0, 0.1) is 0 Å². The number of nitrogens with one attached hydrogen (secondary N) is 2. The number of nitrogens with zero attached hydrogens (tertiary/aromatic N) is 2. The van der Waals surface area contributed by atoms with E-state index in [1.807, 2.05) is 0 Å². The van der Waals surface area contributed by atoms with Crippen molar-refractivity contribution in [3.8, 4) is 0 Å². The fourth-order valence-corrected chi connectivity index (χ4v) is 0.577. The largest absolute Gasteiger partial charge is 0.292 e. The third-order valence-electron chi connectivity index (χ3n) is 1.05. The summed E-state index contributed by atoms with van der Waals surface area (Å²) in [5.74, 6) is -0.338. The average Bonchev–Trinajstić information content (AvgIpc) is 2.37. The van der Waals surface area contributed by atoms with E-state index in [0.29, 0.717) is 0 Å². The molecule has 0 aromatic carbocycles. The molecule has 2 N–H and O–H groups in total. The molecule has 0 aliphatic rings. The lowest BCUT2D eigenvalue weighted by Gasteiger charge is -2.10. The predicted molar refractivity (Wildman–Crippen MR) is 45.1 cm³/mol. The molecule has 12 heavy (non-hydrogen) atoms. The Kier molecular flexibility index (Phi) is 2.54. The minimum atomic E-state index is -1.47. The Bertz CT molecular complexity index is 265. The van der Waals surface area contributed by atoms with Crippen molar-refractivity contribution in [2.75, 3.05) is 5.32 Å². The van der Waals surface area contributed by atoms with Crippen LogP contribution in [-0.2, 0) is 4.79 Å². The Hall–Kier alpha value is -0.810. The maximum absolute atomic E-state index is 11.1. The van der Waals surface area contributed by atoms with Gasteiger partial charge in [0.15, 0.2) is 4.33 Å². The van der Waals surface area contributed by atoms with Crippen LogP contribution in [0.15, 0.2) is 6.33 Å². The maximum Gasteiger partial charge on any atom is 0.262 e. The van der Waals surface area contributed by atoms with Gasteiger partial charge in [-0.3, -0.25) is 10.1 Å². The Morgan fingerprint density at radius 3 is 2.83 bits per heavy atom. The van der Waals surface area contributed by atoms with Gasteiger partial charge in [0, 0.05) is 0 Å². The van der Waals surface area contributed by atoms with E-state index < -0.39 is 10.2 Å². The lowest BCUT2D eigenvalue weighted by atomic mass is 10.4. The molecular weight excluding hydrogens is 203 g/mol. The zero-order valence-corrected chi connectivity index (χ0v) is 7.65. The van der Waals surface area contributed by atoms with E-state index in [1.165, 1.54) is 13.3 Å². The highest BCUT2D eigenvalue weighted by Crippen LogP contribution is 2.20. The van der Waals surface area contributed by atoms with Crippen LogP contribution in [0.4, 0.5) is 5.95 Å². The number of amides is 1. The summed E-state index contributed by atoms with van der Waals surface area (Å²) in [5, 5.41) is 8.28. The summed E-state index contributed by atoms with van der Waals surface area (Å²) in [5.41, 5.74) is 0. The first-order valence-corrected chi connectivity index (χ1v) is 3.80. The Morgan fingerprint density at radius 2 is 2.42 bits per heavy atom. The minimum Gasteiger partial charge on any atom is -0.292 e. The number of alkyl halides is 2. The second kappa shape index (κ2) is 3.28. The van der Waals surface area contributed by atoms with Crippen LogP contribution in [0.3, 0.4) is 0 Å². The van der Waals surface area contributed by atoms with Gasteiger partial charge in [0.05, 0.1) is 0 Å². The smallest absolute Gasteiger partial charge is 0.262 e. The first-order chi connectivity index (χ1) is 5.50. The first kappa shape index (κ1) is 9.28. The van der Waals surface area contributed by atoms with Crippen molar-refractivity contribution in [3.05, 3.63) is 6.33 Å². The van der Waals surface area contributed by atoms with Gasteiger partial charge in [-0.1, -0.05) is 23.2 Å². The molecule has 1 rings (SSSR count). The Morgan fingerprint density at radius 1 is 1.75 bits per heavy atom. The van der Waals surface area contributed by atoms with Gasteiger partial charge < -0.3 is 0 Å². The van der Waals surface area contributed by atoms with E-state index in [0.717, 1.165) is 0 Å². The summed E-state index contributed by atoms with van der Waals surface area (Å²) < 4.78 is -1.47. The van der Waals surface area contributed by atoms with Gasteiger partial charge in [0.25, 0.3) is 5.91 Å². The van der Waals surface area contributed by atoms with Crippen LogP contribution < -0.4 is 5.32 Å². The summed E-state index contributed by atoms with van der Waals surface area (Å²) in [6, 6.07) is 0. The highest BCUT2D eigenvalue weighted by Gasteiger charge is 2.27. The quantitative estimate of drug-likeness (QED) is 0.712. The van der Waals surface area contributed by atoms with E-state index in [9.17, 15) is 4.79 Å². The van der Waals surface area contributed by atoms with Gasteiger partial charge in [0.2, 0.25) is 5.95 Å². The van der Waals surface area contributed by atoms with Crippen molar-refractivity contribution in [3.63, 3.8) is 0 Å². The number of rotatable bonds is 2. The molecule has 0 bridgehead atoms. The standard InChI is InChI=1S/C5H6Cl2N4O/c1-5(6,7)3(12)10-4-8-2-9-11-4/h2H,1H3,(H2,8,9,10,11,12). The molecule has 1 aromatic heterocycles. The SMILES string of the molecule is CC(Cl)(Cl)C(=O)Nc1ncn[nH]1. The normalized spacial score (nSPS) is 11.2. The first-order valence-electron chi connectivity index (χ1n) is 3.05. The number of carbonyl (C=O) groups excluding carboxylic acids is 1. The average molecular weight is 209 g/mol. The third kappa shape index (κ3) is 2.35. The van der Waals surface area contributed by atoms with E-state index in [2.05, 4.69) is 20.5 Å². The molecule has 7 heteroatoms. The molecule has 1 amide bonds. The fraction of sp³-hybridized carbons (Fsp3) is 0.400. The van der Waals surface area contributed by atoms with E-state index in [4.69, 9.17) is 23.2 Å². The highest BCUT2D eigenvalue weighted by atomic mass is 35.5. The second-order valence-corrected chi connectivity index (χ2v) is 3.88. The number of halogens is 2. The Labute approximate surface area is 78.5 Å². The van der Waals surface area contributed by atoms with Crippen molar-refractivity contribution in [1.29, 1.82) is 0 Å². The number of carbonyl (C=O) groups is 1. The second-order valence-electron chi connectivity index (χ2n) is 2.18. The molecule has 66 valence electrons. The molecule has 0 radical (unpaired) electrons. The molecule has 0 aliphatic heterocycles. The number of anilines is 1. The van der Waals surface area contributed by atoms with Crippen molar-refractivity contribution < 1.29 is 4.79 Å². The molecule has 5 nitrogen and oxygen atoms in total. The van der Waals surface area contributed by atoms with Crippen molar-refractivity contribution in [2.24, 2.45) is 0 Å². The number of aromatic amines is 1. The molecule has 0 unspecified atom stereocenters. The third-order valence-corrected chi connectivity index (χ3v) is 1.39. The molecular formula is C5H6Cl2N4O. The van der Waals surface area contributed by atoms with Crippen LogP contribution in [0.5, 0.6) is 0 Å². The van der Waals surface area contributed by atoms with Crippen LogP contribution in [0.25, 0.3) is 0 Å². The summed E-state index contributed by atoms with van der Waals surface area (Å²) in [6.45, 7) is 1.36. The lowest BCUT2D eigenvalue weighted by Crippen LogP contribution is -2.29. The van der Waals surface area contributed by atoms with Crippen LogP contribution in [-0.4, -0.2) is 25.4 Å². The van der Waals surface area contributed by atoms with Crippen molar-refractivity contribution in [1.82, 2.24) is 15.2 Å². The summed E-state index contributed by atoms with van der Waals surface area (Å²) in [7, 11) is 0. The number of hydrogen-bond donors (Lipinski definition) is 2. The maximum atomic E-state index is 11.1. The van der Waals surface area contributed by atoms with E-state index in [-0.39, 0.29) is 5.95 Å². The van der Waals surface area contributed by atoms with Crippen LogP contribution in [0.2, 0.25) is 0 Å². The van der Waals surface area contributed by atoms with Gasteiger partial charge in [-0.05, 0) is 6.92 Å². The minimum absolute atomic E-state index is 0.215. The van der Waals surface area contributed by atoms with Gasteiger partial charge >= 0.3 is 0 Å². The summed E-state index contributed by atoms with van der Waals surface area (Å²) in [6.07, 6.45) is 1.26. The zero-order chi connectivity index (χ0) is 9.19. The van der Waals surface area contributed by atoms with Crippen LogP contribution in [0.1, 0.15) is 6.92 Å². The fourth-order valence-electron chi connectivity index (χ4n) is 0.483. The molecule has 0 saturated carbocycles. The predicted octanol–water partition coefficient (Wildman–Crippen LogP) is 0.937. The van der Waals surface area contributed by atoms with E-state index in [1.54, 1.807) is 0 Å². The van der Waals surface area contributed by atoms with Gasteiger partial charge in [-0.25, -0.2) is 5.10 Å². The highest BCUT2D eigenvalue weighted by molar-refractivity contribution is 6.58. The number of hydrogen-bond acceptors (Lipinski definition) is 3. The van der Waals surface area contributed by atoms with Gasteiger partial charge in [-0.2, -0.15) is 10.1 Å². The molecule has 0 spiro atoms. The van der Waals surface area contributed by atoms with Gasteiger partial charge in [-0.15, -0.1) is 0 Å². The molecule has 1 aromatic rings. The monoisotopic (exact) mass is 208 g/mol. The number of aromatic nitrogens is 3. The molecule has 0 aliphatic carbocycles. The molecule has 0 saturated heterocycles. The van der Waals surface area contributed by atoms with Gasteiger partial charge in [0.1, 0.15) is 6.33 Å².